The number of fused-ring (bicyclic) bond motifs is 3. The summed E-state index contributed by atoms with van der Waals surface area (Å²) >= 11 is 0. The summed E-state index contributed by atoms with van der Waals surface area (Å²) < 4.78 is 66.2. The molecule has 3 aromatic carbocycles. The van der Waals surface area contributed by atoms with Gasteiger partial charge in [0.15, 0.2) is 0 Å². The first-order valence-corrected chi connectivity index (χ1v) is 33.2. The molecular formula is C66H79N13O9S. The lowest BCUT2D eigenvalue weighted by atomic mass is 10.0. The standard InChI is InChI=1S/C23H28N4O3.C22H27N5O3S.C21H24N4O3/c1-15-12-27(13-16(2)29-15)22-10-21(25-14-26-22)23-20-9-19(4-3-17(20)11-24-23)30-18-5-7-28-8-6-18;1-15-13-26(8-9-27(15)31(3,28)29)20-11-19(24-14-25-20)21-18-10-17(30-22(2)6-7-22)5-4-16(18)12-23-21;1-2-17(28-16-3-7-26-8-4-16)11-18-15(1)13-22-21(18)19-12-20(24-14-23-19)25-5-9-27-10-6-25/h3-4,9-10,14-16,18H,5-8,11-13H2,1-2H3;4-5,10-11,14-15H,6-9,12-13H2,1-3H3;1-2,11-12,14,16H,3-10,13H2/t15-,16+;15-;/m.0./s1. The van der Waals surface area contributed by atoms with Crippen molar-refractivity contribution < 1.29 is 41.6 Å². The first-order chi connectivity index (χ1) is 43.2. The van der Waals surface area contributed by atoms with Crippen LogP contribution in [0.25, 0.3) is 0 Å². The molecule has 1 saturated carbocycles. The lowest BCUT2D eigenvalue weighted by molar-refractivity contribution is -0.00547. The van der Waals surface area contributed by atoms with Gasteiger partial charge in [-0.3, -0.25) is 15.0 Å². The number of nitrogens with zero attached hydrogens (tertiary/aromatic N) is 13. The van der Waals surface area contributed by atoms with Crippen molar-refractivity contribution in [1.82, 2.24) is 34.2 Å². The number of hydrogen-bond acceptors (Lipinski definition) is 21. The van der Waals surface area contributed by atoms with E-state index in [1.165, 1.54) is 22.9 Å². The Morgan fingerprint density at radius 2 is 0.921 bits per heavy atom. The second kappa shape index (κ2) is 26.5. The van der Waals surface area contributed by atoms with Crippen LogP contribution in [0.15, 0.2) is 107 Å². The molecule has 1 aliphatic carbocycles. The quantitative estimate of drug-likeness (QED) is 0.109. The van der Waals surface area contributed by atoms with Gasteiger partial charge in [0.25, 0.3) is 0 Å². The topological polar surface area (TPSA) is 226 Å². The van der Waals surface area contributed by atoms with Crippen LogP contribution in [0.3, 0.4) is 0 Å². The Bertz CT molecular complexity index is 3730. The highest BCUT2D eigenvalue weighted by atomic mass is 32.2. The summed E-state index contributed by atoms with van der Waals surface area (Å²) in [5.74, 6) is 5.29. The highest BCUT2D eigenvalue weighted by molar-refractivity contribution is 7.88. The highest BCUT2D eigenvalue weighted by Gasteiger charge is 2.40. The van der Waals surface area contributed by atoms with Crippen molar-refractivity contribution in [2.45, 2.75) is 122 Å². The molecule has 11 heterocycles. The van der Waals surface area contributed by atoms with Crippen molar-refractivity contribution in [3.8, 4) is 17.2 Å². The lowest BCUT2D eigenvalue weighted by Gasteiger charge is -2.38. The minimum absolute atomic E-state index is 0.0307. The SMILES string of the molecule is C[C@@H]1CN(c2cc(C3=NCc4ccc(OC5CCOCC5)cc43)ncn2)C[C@H](C)O1.C[C@H]1CN(c2cc(C3=NCc4ccc(OC5(C)CC5)cc43)ncn2)CCN1S(C)(=O)=O.c1nc(C2=NCc3ccc(OC4CCOCC4)cc32)cc(N2CCOCC2)n1. The molecule has 0 radical (unpaired) electrons. The van der Waals surface area contributed by atoms with Gasteiger partial charge < -0.3 is 47.9 Å². The minimum atomic E-state index is -3.21. The van der Waals surface area contributed by atoms with Gasteiger partial charge in [-0.15, -0.1) is 0 Å². The van der Waals surface area contributed by atoms with Crippen LogP contribution in [0, 0.1) is 0 Å². The normalized spacial score (nSPS) is 22.5. The molecule has 8 aliphatic heterocycles. The van der Waals surface area contributed by atoms with Crippen molar-refractivity contribution >= 4 is 44.6 Å². The maximum absolute atomic E-state index is 12.0. The van der Waals surface area contributed by atoms with Crippen LogP contribution >= 0.6 is 0 Å². The molecule has 6 aromatic rings. The van der Waals surface area contributed by atoms with E-state index in [1.54, 1.807) is 23.3 Å². The van der Waals surface area contributed by atoms with Gasteiger partial charge in [0.2, 0.25) is 10.0 Å². The van der Waals surface area contributed by atoms with E-state index >= 15 is 0 Å². The van der Waals surface area contributed by atoms with E-state index in [2.05, 4.69) is 108 Å². The van der Waals surface area contributed by atoms with E-state index in [4.69, 9.17) is 48.1 Å². The summed E-state index contributed by atoms with van der Waals surface area (Å²) in [4.78, 5) is 47.9. The zero-order chi connectivity index (χ0) is 61.1. The second-order valence-electron chi connectivity index (χ2n) is 24.6. The molecule has 15 rings (SSSR count). The van der Waals surface area contributed by atoms with Crippen LogP contribution < -0.4 is 28.9 Å². The van der Waals surface area contributed by atoms with Crippen LogP contribution in [0.2, 0.25) is 0 Å². The fourth-order valence-electron chi connectivity index (χ4n) is 12.6. The second-order valence-corrected chi connectivity index (χ2v) is 26.5. The summed E-state index contributed by atoms with van der Waals surface area (Å²) in [6.07, 6.45) is 12.8. The molecule has 0 unspecified atom stereocenters. The number of sulfonamides is 1. The molecule has 6 fully saturated rings. The number of piperazine rings is 1. The Kier molecular flexibility index (Phi) is 18.0. The van der Waals surface area contributed by atoms with Gasteiger partial charge in [0.1, 0.15) is 71.5 Å². The molecule has 9 aliphatic rings. The molecule has 0 spiro atoms. The fourth-order valence-corrected chi connectivity index (χ4v) is 13.8. The average molecular weight is 1230 g/mol. The van der Waals surface area contributed by atoms with Crippen LogP contribution in [-0.4, -0.2) is 188 Å². The Balaban J connectivity index is 0.000000123. The maximum atomic E-state index is 12.0. The van der Waals surface area contributed by atoms with Gasteiger partial charge in [-0.05, 0) is 93.6 Å². The number of aromatic nitrogens is 6. The first kappa shape index (κ1) is 60.4. The molecule has 3 atom stereocenters. The van der Waals surface area contributed by atoms with Crippen molar-refractivity contribution in [3.05, 3.63) is 142 Å². The van der Waals surface area contributed by atoms with E-state index < -0.39 is 10.0 Å². The smallest absolute Gasteiger partial charge is 0.211 e. The Hall–Kier alpha value is -7.54. The number of anilines is 3. The molecule has 0 N–H and O–H groups in total. The first-order valence-electron chi connectivity index (χ1n) is 31.4. The van der Waals surface area contributed by atoms with Crippen molar-refractivity contribution in [1.29, 1.82) is 0 Å². The van der Waals surface area contributed by atoms with E-state index in [0.29, 0.717) is 39.3 Å². The van der Waals surface area contributed by atoms with Crippen molar-refractivity contribution in [3.63, 3.8) is 0 Å². The summed E-state index contributed by atoms with van der Waals surface area (Å²) in [5.41, 5.74) is 12.0. The number of ether oxygens (including phenoxy) is 7. The van der Waals surface area contributed by atoms with Gasteiger partial charge in [0.05, 0.1) is 112 Å². The van der Waals surface area contributed by atoms with Crippen LogP contribution in [-0.2, 0) is 48.6 Å². The van der Waals surface area contributed by atoms with Gasteiger partial charge in [0, 0.05) is 112 Å². The lowest BCUT2D eigenvalue weighted by Crippen LogP contribution is -2.53. The number of rotatable bonds is 13. The Morgan fingerprint density at radius 1 is 0.494 bits per heavy atom. The monoisotopic (exact) mass is 1230 g/mol. The molecule has 3 aromatic heterocycles. The molecule has 5 saturated heterocycles. The van der Waals surface area contributed by atoms with E-state index in [0.717, 1.165) is 190 Å². The third-order valence-electron chi connectivity index (χ3n) is 17.6. The predicted octanol–water partition coefficient (Wildman–Crippen LogP) is 7.45. The van der Waals surface area contributed by atoms with E-state index in [-0.39, 0.29) is 36.1 Å². The van der Waals surface area contributed by atoms with Gasteiger partial charge in [-0.25, -0.2) is 38.3 Å². The number of benzene rings is 3. The van der Waals surface area contributed by atoms with Crippen molar-refractivity contribution in [2.75, 3.05) is 106 Å². The highest BCUT2D eigenvalue weighted by Crippen LogP contribution is 2.41. The zero-order valence-corrected chi connectivity index (χ0v) is 52.3. The van der Waals surface area contributed by atoms with Gasteiger partial charge >= 0.3 is 0 Å². The van der Waals surface area contributed by atoms with Crippen LogP contribution in [0.5, 0.6) is 17.2 Å². The Morgan fingerprint density at radius 3 is 1.37 bits per heavy atom. The van der Waals surface area contributed by atoms with E-state index in [1.807, 2.05) is 37.3 Å². The van der Waals surface area contributed by atoms with Crippen LogP contribution in [0.1, 0.15) is 117 Å². The predicted molar refractivity (Wildman–Crippen MR) is 339 cm³/mol. The number of morpholine rings is 2. The zero-order valence-electron chi connectivity index (χ0n) is 51.5. The molecule has 468 valence electrons. The average Bonchev–Trinajstić information content (AvgIpc) is 2.12. The fraction of sp³-hybridized carbons (Fsp3) is 0.500. The molecule has 22 nitrogen and oxygen atoms in total. The third-order valence-corrected chi connectivity index (χ3v) is 19.0. The summed E-state index contributed by atoms with van der Waals surface area (Å²) in [6, 6.07) is 24.6. The number of hydrogen-bond donors (Lipinski definition) is 0. The van der Waals surface area contributed by atoms with Gasteiger partial charge in [-0.2, -0.15) is 4.31 Å². The van der Waals surface area contributed by atoms with Gasteiger partial charge in [-0.1, -0.05) is 18.2 Å². The largest absolute Gasteiger partial charge is 0.490 e. The minimum Gasteiger partial charge on any atom is -0.490 e. The summed E-state index contributed by atoms with van der Waals surface area (Å²) in [5, 5.41) is 0. The molecule has 0 bridgehead atoms. The number of aliphatic imine (C=N–C) groups is 3. The summed E-state index contributed by atoms with van der Waals surface area (Å²) in [7, 11) is -3.21. The van der Waals surface area contributed by atoms with Crippen LogP contribution in [0.4, 0.5) is 17.5 Å². The van der Waals surface area contributed by atoms with E-state index in [9.17, 15) is 8.42 Å². The molecule has 23 heteroatoms. The molecule has 0 amide bonds. The van der Waals surface area contributed by atoms with Crippen molar-refractivity contribution in [2.24, 2.45) is 15.0 Å². The Labute approximate surface area is 520 Å². The third kappa shape index (κ3) is 14.4. The summed E-state index contributed by atoms with van der Waals surface area (Å²) in [6.45, 7) is 19.8. The molecular weight excluding hydrogens is 1150 g/mol. The molecule has 89 heavy (non-hydrogen) atoms. The maximum Gasteiger partial charge on any atom is 0.211 e.